The molecule has 5 atom stereocenters. The number of ether oxygens (including phenoxy) is 3. The summed E-state index contributed by atoms with van der Waals surface area (Å²) in [6.07, 6.45) is 19.1. The number of allylic oxidation sites excluding steroid dienone is 10. The van der Waals surface area contributed by atoms with Gasteiger partial charge in [0.15, 0.2) is 5.78 Å². The zero-order valence-electron chi connectivity index (χ0n) is 29.6. The molecule has 1 heterocycles. The molecule has 1 fully saturated rings. The van der Waals surface area contributed by atoms with Gasteiger partial charge in [0.2, 0.25) is 6.29 Å². The van der Waals surface area contributed by atoms with Crippen molar-refractivity contribution < 1.29 is 54.4 Å². The highest BCUT2D eigenvalue weighted by atomic mass is 16.7. The normalized spacial score (nSPS) is 20.9. The van der Waals surface area contributed by atoms with Crippen LogP contribution >= 0.6 is 0 Å². The summed E-state index contributed by atoms with van der Waals surface area (Å²) in [4.78, 5) is 25.5. The van der Waals surface area contributed by atoms with E-state index < -0.39 is 60.6 Å². The molecule has 1 aliphatic rings. The van der Waals surface area contributed by atoms with Gasteiger partial charge in [-0.2, -0.15) is 0 Å². The third-order valence-corrected chi connectivity index (χ3v) is 8.15. The average Bonchev–Trinajstić information content (AvgIpc) is 3.12. The lowest BCUT2D eigenvalue weighted by Crippen LogP contribution is -2.60. The van der Waals surface area contributed by atoms with E-state index in [-0.39, 0.29) is 36.3 Å². The van der Waals surface area contributed by atoms with E-state index in [1.807, 2.05) is 12.2 Å². The molecule has 0 radical (unpaired) electrons. The smallest absolute Gasteiger partial charge is 0.305 e. The fraction of sp³-hybridized carbons (Fsp3) is 0.415. The third-order valence-electron chi connectivity index (χ3n) is 8.15. The van der Waals surface area contributed by atoms with Crippen molar-refractivity contribution >= 4 is 11.8 Å². The van der Waals surface area contributed by atoms with Crippen molar-refractivity contribution in [2.45, 2.75) is 102 Å². The molecule has 11 heteroatoms. The molecule has 11 nitrogen and oxygen atoms in total. The van der Waals surface area contributed by atoms with Crippen molar-refractivity contribution in [2.24, 2.45) is 0 Å². The number of rotatable bonds is 21. The SMILES string of the molecule is CC/C=C\C/C=C\C/C=C\C/C=C\C/C=C\CCCC(=O)OCC1OC(Oc2cc(O)cc(O)c2C(=O)CCc2ccc(O)cc2)C(O)C(O)C1O. The van der Waals surface area contributed by atoms with Crippen molar-refractivity contribution in [2.75, 3.05) is 6.61 Å². The standard InChI is InChI=1S/C41H52O11/c1-2-3-4-5-6-7-8-9-10-11-12-13-14-15-16-17-18-19-36(46)50-28-35-38(47)39(48)40(49)41(52-35)51-34-27-31(43)26-33(45)37(34)32(44)25-22-29-20-23-30(42)24-21-29/h3-4,6-7,9-10,12-13,15-16,20-21,23-24,26-27,35,38-43,45,47-49H,2,5,8,11,14,17-19,22,25,28H2,1H3/b4-3-,7-6-,10-9-,13-12-,16-15-. The van der Waals surface area contributed by atoms with Gasteiger partial charge < -0.3 is 44.8 Å². The molecule has 2 aromatic rings. The van der Waals surface area contributed by atoms with Gasteiger partial charge >= 0.3 is 5.97 Å². The number of esters is 1. The van der Waals surface area contributed by atoms with Gasteiger partial charge in [0.25, 0.3) is 0 Å². The van der Waals surface area contributed by atoms with Gasteiger partial charge in [-0.15, -0.1) is 0 Å². The molecule has 282 valence electrons. The van der Waals surface area contributed by atoms with Crippen molar-refractivity contribution in [1.82, 2.24) is 0 Å². The Hall–Kier alpha value is -4.68. The number of carbonyl (C=O) groups excluding carboxylic acids is 2. The fourth-order valence-corrected chi connectivity index (χ4v) is 5.26. The lowest BCUT2D eigenvalue weighted by molar-refractivity contribution is -0.278. The second-order valence-corrected chi connectivity index (χ2v) is 12.3. The number of hydrogen-bond donors (Lipinski definition) is 6. The monoisotopic (exact) mass is 720 g/mol. The Morgan fingerprint density at radius 1 is 0.731 bits per heavy atom. The van der Waals surface area contributed by atoms with E-state index in [2.05, 4.69) is 55.5 Å². The van der Waals surface area contributed by atoms with E-state index in [4.69, 9.17) is 14.2 Å². The molecule has 0 bridgehead atoms. The third kappa shape index (κ3) is 14.5. The number of phenols is 3. The summed E-state index contributed by atoms with van der Waals surface area (Å²) in [5, 5.41) is 61.7. The average molecular weight is 721 g/mol. The van der Waals surface area contributed by atoms with Crippen LogP contribution in [0, 0.1) is 0 Å². The Labute approximate surface area is 305 Å². The second kappa shape index (κ2) is 23.0. The summed E-state index contributed by atoms with van der Waals surface area (Å²) >= 11 is 0. The summed E-state index contributed by atoms with van der Waals surface area (Å²) < 4.78 is 16.6. The molecular formula is C41H52O11. The van der Waals surface area contributed by atoms with Crippen LogP contribution in [0.4, 0.5) is 0 Å². The van der Waals surface area contributed by atoms with Crippen LogP contribution in [0.2, 0.25) is 0 Å². The molecule has 6 N–H and O–H groups in total. The molecular weight excluding hydrogens is 668 g/mol. The Balaban J connectivity index is 1.43. The van der Waals surface area contributed by atoms with Crippen LogP contribution in [0.3, 0.4) is 0 Å². The number of carbonyl (C=O) groups is 2. The fourth-order valence-electron chi connectivity index (χ4n) is 5.26. The summed E-state index contributed by atoms with van der Waals surface area (Å²) in [5.74, 6) is -2.37. The minimum absolute atomic E-state index is 0.0746. The molecule has 0 saturated carbocycles. The molecule has 0 aromatic heterocycles. The number of phenolic OH excluding ortho intramolecular Hbond substituents is 3. The number of aliphatic hydroxyl groups excluding tert-OH is 3. The predicted octanol–water partition coefficient (Wildman–Crippen LogP) is 6.27. The van der Waals surface area contributed by atoms with E-state index in [0.717, 1.165) is 49.8 Å². The largest absolute Gasteiger partial charge is 0.508 e. The van der Waals surface area contributed by atoms with Crippen LogP contribution in [0.25, 0.3) is 0 Å². The second-order valence-electron chi connectivity index (χ2n) is 12.3. The van der Waals surface area contributed by atoms with Crippen LogP contribution < -0.4 is 4.74 Å². The Kier molecular flexibility index (Phi) is 18.5. The Morgan fingerprint density at radius 3 is 1.94 bits per heavy atom. The van der Waals surface area contributed by atoms with Crippen molar-refractivity contribution in [3.05, 3.63) is 108 Å². The number of ketones is 1. The highest BCUT2D eigenvalue weighted by Crippen LogP contribution is 2.36. The van der Waals surface area contributed by atoms with E-state index in [1.54, 1.807) is 12.1 Å². The van der Waals surface area contributed by atoms with E-state index in [9.17, 15) is 40.2 Å². The summed E-state index contributed by atoms with van der Waals surface area (Å²) in [5.41, 5.74) is 0.463. The van der Waals surface area contributed by atoms with Crippen LogP contribution in [-0.4, -0.2) is 79.7 Å². The molecule has 1 saturated heterocycles. The molecule has 0 spiro atoms. The Bertz CT molecular complexity index is 1540. The number of benzene rings is 2. The van der Waals surface area contributed by atoms with Crippen molar-refractivity contribution in [3.63, 3.8) is 0 Å². The van der Waals surface area contributed by atoms with E-state index >= 15 is 0 Å². The highest BCUT2D eigenvalue weighted by Gasteiger charge is 2.46. The first-order valence-electron chi connectivity index (χ1n) is 17.7. The number of aryl methyl sites for hydroxylation is 1. The van der Waals surface area contributed by atoms with Crippen LogP contribution in [0.15, 0.2) is 97.2 Å². The van der Waals surface area contributed by atoms with Gasteiger partial charge in [0.05, 0.1) is 0 Å². The quantitative estimate of drug-likeness (QED) is 0.0370. The van der Waals surface area contributed by atoms with Crippen molar-refractivity contribution in [3.8, 4) is 23.0 Å². The van der Waals surface area contributed by atoms with Crippen LogP contribution in [0.5, 0.6) is 23.0 Å². The topological polar surface area (TPSA) is 183 Å². The van der Waals surface area contributed by atoms with Gasteiger partial charge in [0, 0.05) is 25.0 Å². The molecule has 0 aliphatic carbocycles. The first-order valence-corrected chi connectivity index (χ1v) is 17.7. The molecule has 2 aromatic carbocycles. The first kappa shape index (κ1) is 41.7. The molecule has 5 unspecified atom stereocenters. The number of unbranched alkanes of at least 4 members (excludes halogenated alkanes) is 1. The minimum Gasteiger partial charge on any atom is -0.508 e. The number of hydrogen-bond acceptors (Lipinski definition) is 11. The summed E-state index contributed by atoms with van der Waals surface area (Å²) in [7, 11) is 0. The van der Waals surface area contributed by atoms with Gasteiger partial charge in [0.1, 0.15) is 59.6 Å². The molecule has 52 heavy (non-hydrogen) atoms. The van der Waals surface area contributed by atoms with Gasteiger partial charge in [-0.25, -0.2) is 0 Å². The van der Waals surface area contributed by atoms with Crippen LogP contribution in [0.1, 0.15) is 80.6 Å². The summed E-state index contributed by atoms with van der Waals surface area (Å²) in [6.45, 7) is 1.67. The number of aliphatic hydroxyl groups is 3. The number of Topliss-reactive ketones (excluding diaryl/α,β-unsaturated/α-hetero) is 1. The first-order chi connectivity index (χ1) is 25.1. The predicted molar refractivity (Wildman–Crippen MR) is 197 cm³/mol. The Morgan fingerprint density at radius 2 is 1.33 bits per heavy atom. The lowest BCUT2D eigenvalue weighted by atomic mass is 9.98. The van der Waals surface area contributed by atoms with Gasteiger partial charge in [-0.3, -0.25) is 9.59 Å². The van der Waals surface area contributed by atoms with Crippen molar-refractivity contribution in [1.29, 1.82) is 0 Å². The molecule has 3 rings (SSSR count). The zero-order chi connectivity index (χ0) is 37.7. The maximum Gasteiger partial charge on any atom is 0.305 e. The van der Waals surface area contributed by atoms with E-state index in [1.165, 1.54) is 12.1 Å². The van der Waals surface area contributed by atoms with Crippen LogP contribution in [-0.2, 0) is 20.7 Å². The highest BCUT2D eigenvalue weighted by molar-refractivity contribution is 6.01. The molecule has 1 aliphatic heterocycles. The van der Waals surface area contributed by atoms with Gasteiger partial charge in [-0.05, 0) is 69.1 Å². The zero-order valence-corrected chi connectivity index (χ0v) is 29.6. The number of aromatic hydroxyl groups is 3. The summed E-state index contributed by atoms with van der Waals surface area (Å²) in [6, 6.07) is 8.27. The maximum absolute atomic E-state index is 13.1. The van der Waals surface area contributed by atoms with Gasteiger partial charge in [-0.1, -0.05) is 79.8 Å². The molecule has 0 amide bonds. The minimum atomic E-state index is -1.80. The van der Waals surface area contributed by atoms with E-state index in [0.29, 0.717) is 12.8 Å². The maximum atomic E-state index is 13.1. The lowest BCUT2D eigenvalue weighted by Gasteiger charge is -2.40.